The monoisotopic (exact) mass is 685 g/mol. The first kappa shape index (κ1) is 37.5. The van der Waals surface area contributed by atoms with Gasteiger partial charge in [0.05, 0.1) is 56.9 Å². The fourth-order valence-electron chi connectivity index (χ4n) is 9.55. The molecule has 0 aromatic rings. The predicted octanol–water partition coefficient (Wildman–Crippen LogP) is -5.12. The number of fused-ring (bicyclic) bond motifs is 2. The fourth-order valence-corrected chi connectivity index (χ4v) is 9.55. The minimum absolute atomic E-state index is 0.0228. The van der Waals surface area contributed by atoms with Crippen molar-refractivity contribution in [2.45, 2.75) is 107 Å². The fraction of sp³-hybridized carbons (Fsp3) is 0.909. The number of hydrogen-bond donors (Lipinski definition) is 10. The number of methoxy groups -OCH3 is 1. The van der Waals surface area contributed by atoms with Crippen molar-refractivity contribution in [3.8, 4) is 0 Å². The van der Waals surface area contributed by atoms with E-state index in [4.69, 9.17) is 25.7 Å². The van der Waals surface area contributed by atoms with Crippen LogP contribution in [0.2, 0.25) is 0 Å². The Hall–Kier alpha value is -1.79. The van der Waals surface area contributed by atoms with Crippen LogP contribution in [0.1, 0.15) is 51.9 Å². The number of quaternary nitrogens is 1. The maximum atomic E-state index is 14.7. The Labute approximate surface area is 282 Å². The Balaban J connectivity index is 1.43. The molecule has 0 radical (unpaired) electrons. The second-order valence-electron chi connectivity index (χ2n) is 14.8. The molecule has 2 heterocycles. The van der Waals surface area contributed by atoms with Crippen molar-refractivity contribution < 1.29 is 59.6 Å². The van der Waals surface area contributed by atoms with E-state index in [2.05, 4.69) is 15.6 Å². The van der Waals surface area contributed by atoms with Crippen LogP contribution < -0.4 is 27.1 Å². The van der Waals surface area contributed by atoms with Crippen molar-refractivity contribution in [2.24, 2.45) is 58.8 Å². The largest absolute Gasteiger partial charge is 0.394 e. The van der Waals surface area contributed by atoms with Crippen LogP contribution in [0.15, 0.2) is 0 Å². The zero-order valence-electron chi connectivity index (χ0n) is 28.4. The number of carbonyl (C=O) groups excluding carboxylic acids is 2. The average molecular weight is 686 g/mol. The lowest BCUT2D eigenvalue weighted by Crippen LogP contribution is -2.95. The molecular weight excluding hydrogens is 626 g/mol. The first-order valence-corrected chi connectivity index (χ1v) is 17.8. The standard InChI is InChI=1S/C33H57N5O10/c1-4-16-19(46-3)10-20(47-32-31(45)30(44)28(42)21(13-39)48-32)25-23(16)26(40)17-9-15(7-5-14-6-8-22(34)37-11-14)18(12-38-33(35)36-2)27(41)24(17)29(25)43/h14-25,27-28,30-32,37,39,41-42,44-45H,4-13,34H2,1-3H3,(H3,35,36,38)/p+2/t14?,15?,16?,17?,18?,19?,20?,21-,22?,23?,24?,25?,27?,28-,30+,31-,32+/m1/s1. The molecule has 2 aliphatic heterocycles. The van der Waals surface area contributed by atoms with Crippen molar-refractivity contribution in [1.82, 2.24) is 5.32 Å². The van der Waals surface area contributed by atoms with Crippen LogP contribution in [0.4, 0.5) is 0 Å². The quantitative estimate of drug-likeness (QED) is 0.0764. The number of carbonyl (C=O) groups is 2. The highest BCUT2D eigenvalue weighted by Crippen LogP contribution is 2.53. The molecule has 274 valence electrons. The molecule has 3 saturated carbocycles. The Morgan fingerprint density at radius 2 is 1.73 bits per heavy atom. The summed E-state index contributed by atoms with van der Waals surface area (Å²) in [6.07, 6.45) is -4.96. The number of piperidine rings is 1. The lowest BCUT2D eigenvalue weighted by atomic mass is 9.51. The van der Waals surface area contributed by atoms with Gasteiger partial charge in [-0.15, -0.1) is 0 Å². The molecule has 5 aliphatic rings. The highest BCUT2D eigenvalue weighted by atomic mass is 16.7. The molecule has 5 fully saturated rings. The Kier molecular flexibility index (Phi) is 12.5. The molecule has 5 rings (SSSR count). The van der Waals surface area contributed by atoms with Gasteiger partial charge in [-0.2, -0.15) is 0 Å². The molecule has 0 amide bonds. The zero-order valence-corrected chi connectivity index (χ0v) is 28.4. The number of aliphatic hydroxyl groups excluding tert-OH is 5. The number of ketones is 2. The van der Waals surface area contributed by atoms with Crippen LogP contribution in [0.5, 0.6) is 0 Å². The third-order valence-corrected chi connectivity index (χ3v) is 12.3. The van der Waals surface area contributed by atoms with E-state index < -0.39 is 79.3 Å². The van der Waals surface area contributed by atoms with Crippen LogP contribution >= 0.6 is 0 Å². The second-order valence-corrected chi connectivity index (χ2v) is 14.8. The minimum Gasteiger partial charge on any atom is -0.394 e. The molecule has 0 aromatic heterocycles. The number of nitrogens with two attached hydrogens (primary N) is 3. The smallest absolute Gasteiger partial charge is 0.340 e. The van der Waals surface area contributed by atoms with Crippen LogP contribution in [-0.2, 0) is 23.8 Å². The second kappa shape index (κ2) is 16.0. The molecule has 15 heteroatoms. The third-order valence-electron chi connectivity index (χ3n) is 12.3. The van der Waals surface area contributed by atoms with Gasteiger partial charge in [-0.1, -0.05) is 13.3 Å². The first-order chi connectivity index (χ1) is 22.9. The maximum Gasteiger partial charge on any atom is 0.340 e. The summed E-state index contributed by atoms with van der Waals surface area (Å²) < 4.78 is 17.7. The number of rotatable bonds is 10. The molecule has 2 saturated heterocycles. The summed E-state index contributed by atoms with van der Waals surface area (Å²) >= 11 is 0. The predicted molar refractivity (Wildman–Crippen MR) is 170 cm³/mol. The normalized spacial score (nSPS) is 46.9. The van der Waals surface area contributed by atoms with Crippen LogP contribution in [0.25, 0.3) is 0 Å². The molecule has 0 aromatic carbocycles. The number of Topliss-reactive ketones (excluding diaryl/α,β-unsaturated/α-hetero) is 2. The van der Waals surface area contributed by atoms with E-state index in [1.165, 1.54) is 0 Å². The van der Waals surface area contributed by atoms with Gasteiger partial charge in [0.15, 0.2) is 6.29 Å². The molecule has 12 unspecified atom stereocenters. The highest BCUT2D eigenvalue weighted by Gasteiger charge is 2.63. The van der Waals surface area contributed by atoms with Gasteiger partial charge in [0.25, 0.3) is 0 Å². The van der Waals surface area contributed by atoms with Crippen molar-refractivity contribution in [1.29, 1.82) is 0 Å². The van der Waals surface area contributed by atoms with Gasteiger partial charge < -0.3 is 45.1 Å². The molecule has 17 atom stereocenters. The first-order valence-electron chi connectivity index (χ1n) is 17.8. The van der Waals surface area contributed by atoms with Crippen LogP contribution in [0.3, 0.4) is 0 Å². The van der Waals surface area contributed by atoms with Crippen molar-refractivity contribution in [2.75, 3.05) is 33.9 Å². The van der Waals surface area contributed by atoms with Crippen molar-refractivity contribution in [3.05, 3.63) is 0 Å². The average Bonchev–Trinajstić information content (AvgIpc) is 3.09. The summed E-state index contributed by atoms with van der Waals surface area (Å²) in [6, 6.07) is 0. The number of aliphatic hydroxyl groups is 5. The van der Waals surface area contributed by atoms with E-state index in [9.17, 15) is 35.1 Å². The van der Waals surface area contributed by atoms with Crippen LogP contribution in [0, 0.1) is 47.3 Å². The Bertz CT molecular complexity index is 1140. The van der Waals surface area contributed by atoms with Gasteiger partial charge in [-0.25, -0.2) is 0 Å². The summed E-state index contributed by atoms with van der Waals surface area (Å²) in [5.41, 5.74) is 12.1. The summed E-state index contributed by atoms with van der Waals surface area (Å²) in [7, 11) is 3.24. The van der Waals surface area contributed by atoms with E-state index in [0.717, 1.165) is 32.2 Å². The summed E-state index contributed by atoms with van der Waals surface area (Å²) in [5.74, 6) is -3.43. The molecule has 3 aliphatic carbocycles. The molecule has 0 spiro atoms. The molecular formula is C33H59N5O10+2. The Morgan fingerprint density at radius 1 is 0.979 bits per heavy atom. The van der Waals surface area contributed by atoms with Gasteiger partial charge in [0.2, 0.25) is 0 Å². The molecule has 48 heavy (non-hydrogen) atoms. The van der Waals surface area contributed by atoms with Gasteiger partial charge in [-0.3, -0.25) is 31.4 Å². The van der Waals surface area contributed by atoms with Crippen molar-refractivity contribution >= 4 is 17.5 Å². The number of nitrogens with one attached hydrogen (secondary N) is 2. The van der Waals surface area contributed by atoms with E-state index in [1.807, 2.05) is 6.92 Å². The number of ether oxygens (including phenoxy) is 3. The van der Waals surface area contributed by atoms with E-state index in [0.29, 0.717) is 31.3 Å². The van der Waals surface area contributed by atoms with Crippen LogP contribution in [-0.4, -0.2) is 132 Å². The lowest BCUT2D eigenvalue weighted by molar-refractivity contribution is -0.702. The van der Waals surface area contributed by atoms with E-state index in [-0.39, 0.29) is 41.9 Å². The topological polar surface area (TPSA) is 258 Å². The SMILES string of the molecule is CCC1C(OC)CC(O[C@H]2O[C@H](CO)[C@@H](O)[C@H](O)[C@H]2O)C2C(=O)C3C(CC(CCC4CCC(N)[NH2+]C4)C(CNC(N)=[NH+]C)C3O)C(=O)C12. The third kappa shape index (κ3) is 7.32. The van der Waals surface area contributed by atoms with Gasteiger partial charge in [0.1, 0.15) is 42.1 Å². The van der Waals surface area contributed by atoms with E-state index >= 15 is 0 Å². The molecule has 15 nitrogen and oxygen atoms in total. The maximum absolute atomic E-state index is 14.7. The summed E-state index contributed by atoms with van der Waals surface area (Å²) in [4.78, 5) is 32.3. The lowest BCUT2D eigenvalue weighted by Gasteiger charge is -2.55. The highest BCUT2D eigenvalue weighted by molar-refractivity contribution is 6.00. The van der Waals surface area contributed by atoms with Gasteiger partial charge in [0, 0.05) is 43.6 Å². The number of guanidine groups is 1. The van der Waals surface area contributed by atoms with Crippen molar-refractivity contribution in [3.63, 3.8) is 0 Å². The minimum atomic E-state index is -1.67. The molecule has 0 bridgehead atoms. The molecule has 13 N–H and O–H groups in total. The summed E-state index contributed by atoms with van der Waals surface area (Å²) in [5, 5.41) is 58.6. The number of hydrogen-bond acceptors (Lipinski definition) is 11. The zero-order chi connectivity index (χ0) is 34.9. The summed E-state index contributed by atoms with van der Waals surface area (Å²) in [6.45, 7) is 2.60. The van der Waals surface area contributed by atoms with Gasteiger partial charge >= 0.3 is 5.96 Å². The van der Waals surface area contributed by atoms with Gasteiger partial charge in [-0.05, 0) is 37.5 Å². The van der Waals surface area contributed by atoms with E-state index in [1.54, 1.807) is 14.2 Å². The Morgan fingerprint density at radius 3 is 2.35 bits per heavy atom.